The van der Waals surface area contributed by atoms with Crippen molar-refractivity contribution in [1.29, 1.82) is 0 Å². The normalized spacial score (nSPS) is 10.7. The number of nitrogens with one attached hydrogen (secondary N) is 2. The van der Waals surface area contributed by atoms with E-state index in [-0.39, 0.29) is 12.5 Å². The Morgan fingerprint density at radius 3 is 2.58 bits per heavy atom. The molecule has 24 heavy (non-hydrogen) atoms. The van der Waals surface area contributed by atoms with Gasteiger partial charge in [-0.3, -0.25) is 15.0 Å². The third-order valence-corrected chi connectivity index (χ3v) is 4.96. The van der Waals surface area contributed by atoms with Gasteiger partial charge in [0.25, 0.3) is 0 Å². The Bertz CT molecular complexity index is 745. The van der Waals surface area contributed by atoms with E-state index in [2.05, 4.69) is 26.6 Å². The van der Waals surface area contributed by atoms with Crippen molar-refractivity contribution >= 4 is 44.9 Å². The maximum atomic E-state index is 12.0. The summed E-state index contributed by atoms with van der Waals surface area (Å²) in [6.07, 6.45) is 0. The predicted octanol–water partition coefficient (Wildman–Crippen LogP) is 3.91. The van der Waals surface area contributed by atoms with Crippen LogP contribution in [-0.2, 0) is 11.3 Å². The number of aryl methyl sites for hydroxylation is 2. The number of rotatable bonds is 5. The van der Waals surface area contributed by atoms with Crippen molar-refractivity contribution < 1.29 is 9.59 Å². The van der Waals surface area contributed by atoms with Crippen molar-refractivity contribution in [1.82, 2.24) is 10.2 Å². The fourth-order valence-electron chi connectivity index (χ4n) is 2.28. The van der Waals surface area contributed by atoms with Crippen LogP contribution in [0.3, 0.4) is 0 Å². The molecule has 0 aliphatic carbocycles. The first-order chi connectivity index (χ1) is 11.3. The summed E-state index contributed by atoms with van der Waals surface area (Å²) in [6, 6.07) is 9.19. The third-order valence-electron chi connectivity index (χ3n) is 3.35. The molecule has 0 saturated heterocycles. The van der Waals surface area contributed by atoms with E-state index in [1.54, 1.807) is 11.3 Å². The second-order valence-electron chi connectivity index (χ2n) is 5.70. The molecule has 0 saturated carbocycles. The maximum Gasteiger partial charge on any atom is 0.325 e. The smallest absolute Gasteiger partial charge is 0.307 e. The Morgan fingerprint density at radius 1 is 1.21 bits per heavy atom. The standard InChI is InChI=1S/C17H20BrN3O2S/c1-11-4-6-14(12(2)8-11)19-17(23)20-16(22)10-21(3)9-13-5-7-15(18)24-13/h4-8H,9-10H2,1-3H3,(H2,19,20,22,23). The van der Waals surface area contributed by atoms with Crippen LogP contribution >= 0.6 is 27.3 Å². The Kier molecular flexibility index (Phi) is 6.53. The van der Waals surface area contributed by atoms with Crippen LogP contribution in [0, 0.1) is 13.8 Å². The highest BCUT2D eigenvalue weighted by Crippen LogP contribution is 2.22. The fraction of sp³-hybridized carbons (Fsp3) is 0.294. The van der Waals surface area contributed by atoms with Gasteiger partial charge in [-0.25, -0.2) is 4.79 Å². The van der Waals surface area contributed by atoms with Gasteiger partial charge in [0, 0.05) is 17.1 Å². The number of thiophene rings is 1. The molecule has 2 aromatic rings. The lowest BCUT2D eigenvalue weighted by Crippen LogP contribution is -2.40. The van der Waals surface area contributed by atoms with Gasteiger partial charge in [-0.15, -0.1) is 11.3 Å². The van der Waals surface area contributed by atoms with Crippen LogP contribution in [0.4, 0.5) is 10.5 Å². The van der Waals surface area contributed by atoms with E-state index in [1.807, 2.05) is 56.1 Å². The lowest BCUT2D eigenvalue weighted by molar-refractivity contribution is -0.120. The third kappa shape index (κ3) is 5.74. The quantitative estimate of drug-likeness (QED) is 0.786. The van der Waals surface area contributed by atoms with Gasteiger partial charge in [0.15, 0.2) is 0 Å². The van der Waals surface area contributed by atoms with Gasteiger partial charge in [0.2, 0.25) is 5.91 Å². The summed E-state index contributed by atoms with van der Waals surface area (Å²) in [4.78, 5) is 26.9. The Morgan fingerprint density at radius 2 is 1.96 bits per heavy atom. The lowest BCUT2D eigenvalue weighted by atomic mass is 10.1. The van der Waals surface area contributed by atoms with Crippen molar-refractivity contribution in [3.63, 3.8) is 0 Å². The largest absolute Gasteiger partial charge is 0.325 e. The predicted molar refractivity (Wildman–Crippen MR) is 101 cm³/mol. The van der Waals surface area contributed by atoms with E-state index in [0.29, 0.717) is 12.2 Å². The van der Waals surface area contributed by atoms with Crippen LogP contribution in [0.5, 0.6) is 0 Å². The second kappa shape index (κ2) is 8.41. The zero-order chi connectivity index (χ0) is 17.7. The first-order valence-electron chi connectivity index (χ1n) is 7.44. The topological polar surface area (TPSA) is 61.4 Å². The van der Waals surface area contributed by atoms with Crippen molar-refractivity contribution in [3.05, 3.63) is 50.1 Å². The van der Waals surface area contributed by atoms with Gasteiger partial charge in [-0.1, -0.05) is 17.7 Å². The van der Waals surface area contributed by atoms with Crippen LogP contribution in [0.2, 0.25) is 0 Å². The average molecular weight is 410 g/mol. The molecule has 2 rings (SSSR count). The molecule has 7 heteroatoms. The highest BCUT2D eigenvalue weighted by atomic mass is 79.9. The van der Waals surface area contributed by atoms with E-state index >= 15 is 0 Å². The van der Waals surface area contributed by atoms with Crippen LogP contribution < -0.4 is 10.6 Å². The molecule has 1 aromatic heterocycles. The molecule has 128 valence electrons. The van der Waals surface area contributed by atoms with Crippen LogP contribution in [-0.4, -0.2) is 30.4 Å². The van der Waals surface area contributed by atoms with Crippen molar-refractivity contribution in [2.45, 2.75) is 20.4 Å². The molecule has 0 unspecified atom stereocenters. The molecule has 1 aromatic carbocycles. The molecule has 0 fully saturated rings. The molecule has 0 aliphatic heterocycles. The first-order valence-corrected chi connectivity index (χ1v) is 9.05. The zero-order valence-corrected chi connectivity index (χ0v) is 16.3. The number of halogens is 1. The van der Waals surface area contributed by atoms with E-state index in [0.717, 1.165) is 19.8 Å². The number of imide groups is 1. The number of nitrogens with zero attached hydrogens (tertiary/aromatic N) is 1. The number of amides is 3. The molecule has 0 aliphatic rings. The first kappa shape index (κ1) is 18.6. The minimum atomic E-state index is -0.515. The molecular formula is C17H20BrN3O2S. The summed E-state index contributed by atoms with van der Waals surface area (Å²) in [5, 5.41) is 5.06. The van der Waals surface area contributed by atoms with E-state index in [4.69, 9.17) is 0 Å². The molecule has 0 radical (unpaired) electrons. The Labute approximate surface area is 154 Å². The summed E-state index contributed by atoms with van der Waals surface area (Å²) in [5.41, 5.74) is 2.78. The summed E-state index contributed by atoms with van der Waals surface area (Å²) >= 11 is 5.04. The minimum absolute atomic E-state index is 0.149. The highest BCUT2D eigenvalue weighted by molar-refractivity contribution is 9.11. The number of carbonyl (C=O) groups excluding carboxylic acids is 2. The second-order valence-corrected chi connectivity index (χ2v) is 8.25. The molecule has 5 nitrogen and oxygen atoms in total. The van der Waals surface area contributed by atoms with Gasteiger partial charge >= 0.3 is 6.03 Å². The summed E-state index contributed by atoms with van der Waals surface area (Å²) in [6.45, 7) is 4.71. The van der Waals surface area contributed by atoms with Crippen LogP contribution in [0.1, 0.15) is 16.0 Å². The summed E-state index contributed by atoms with van der Waals surface area (Å²) in [5.74, 6) is -0.338. The van der Waals surface area contributed by atoms with Gasteiger partial charge in [0.05, 0.1) is 10.3 Å². The number of likely N-dealkylation sites (N-methyl/N-ethyl adjacent to an activating group) is 1. The Hall–Kier alpha value is -1.70. The molecular weight excluding hydrogens is 390 g/mol. The molecule has 1 heterocycles. The van der Waals surface area contributed by atoms with Crippen molar-refractivity contribution in [3.8, 4) is 0 Å². The zero-order valence-electron chi connectivity index (χ0n) is 13.9. The van der Waals surface area contributed by atoms with Gasteiger partial charge in [0.1, 0.15) is 0 Å². The average Bonchev–Trinajstić information content (AvgIpc) is 2.86. The van der Waals surface area contributed by atoms with Gasteiger partial charge in [-0.05, 0) is 60.6 Å². The SMILES string of the molecule is Cc1ccc(NC(=O)NC(=O)CN(C)Cc2ccc(Br)s2)c(C)c1. The van der Waals surface area contributed by atoms with Crippen LogP contribution in [0.25, 0.3) is 0 Å². The number of anilines is 1. The van der Waals surface area contributed by atoms with Gasteiger partial charge < -0.3 is 5.32 Å². The highest BCUT2D eigenvalue weighted by Gasteiger charge is 2.12. The molecule has 2 N–H and O–H groups in total. The van der Waals surface area contributed by atoms with E-state index < -0.39 is 6.03 Å². The number of benzene rings is 1. The number of urea groups is 1. The summed E-state index contributed by atoms with van der Waals surface area (Å²) in [7, 11) is 1.84. The molecule has 3 amide bonds. The number of hydrogen-bond acceptors (Lipinski definition) is 4. The minimum Gasteiger partial charge on any atom is -0.307 e. The monoisotopic (exact) mass is 409 g/mol. The maximum absolute atomic E-state index is 12.0. The van der Waals surface area contributed by atoms with E-state index in [9.17, 15) is 9.59 Å². The van der Waals surface area contributed by atoms with E-state index in [1.165, 1.54) is 0 Å². The molecule has 0 bridgehead atoms. The van der Waals surface area contributed by atoms with Crippen LogP contribution in [0.15, 0.2) is 34.1 Å². The van der Waals surface area contributed by atoms with Gasteiger partial charge in [-0.2, -0.15) is 0 Å². The lowest BCUT2D eigenvalue weighted by Gasteiger charge is -2.15. The van der Waals surface area contributed by atoms with Crippen molar-refractivity contribution in [2.75, 3.05) is 18.9 Å². The molecule has 0 spiro atoms. The number of hydrogen-bond donors (Lipinski definition) is 2. The Balaban J connectivity index is 1.81. The molecule has 0 atom stereocenters. The number of carbonyl (C=O) groups is 2. The van der Waals surface area contributed by atoms with Crippen molar-refractivity contribution in [2.24, 2.45) is 0 Å². The fourth-order valence-corrected chi connectivity index (χ4v) is 3.84. The summed E-state index contributed by atoms with van der Waals surface area (Å²) < 4.78 is 1.06.